The SMILES string of the molecule is Cc1[nH]c(=O)ccc1N1CN(c2ccc(F)cc2C(C)C)c2ccc(Cl)cc2C1=O. The molecule has 0 atom stereocenters. The molecule has 2 aromatic carbocycles. The summed E-state index contributed by atoms with van der Waals surface area (Å²) in [6, 6.07) is 12.9. The molecule has 154 valence electrons. The zero-order valence-corrected chi connectivity index (χ0v) is 17.6. The van der Waals surface area contributed by atoms with Crippen LogP contribution in [-0.4, -0.2) is 17.6 Å². The summed E-state index contributed by atoms with van der Waals surface area (Å²) in [5, 5.41) is 0.449. The summed E-state index contributed by atoms with van der Waals surface area (Å²) < 4.78 is 14.0. The molecule has 0 bridgehead atoms. The summed E-state index contributed by atoms with van der Waals surface area (Å²) in [5.41, 5.74) is 3.75. The number of fused-ring (bicyclic) bond motifs is 1. The molecule has 0 fully saturated rings. The fraction of sp³-hybridized carbons (Fsp3) is 0.217. The summed E-state index contributed by atoms with van der Waals surface area (Å²) in [6.07, 6.45) is 0. The monoisotopic (exact) mass is 425 g/mol. The molecule has 0 spiro atoms. The molecular formula is C23H21ClFN3O2. The predicted molar refractivity (Wildman–Crippen MR) is 118 cm³/mol. The van der Waals surface area contributed by atoms with E-state index in [9.17, 15) is 14.0 Å². The van der Waals surface area contributed by atoms with E-state index in [1.807, 2.05) is 18.7 Å². The average molecular weight is 426 g/mol. The largest absolute Gasteiger partial charge is 0.324 e. The van der Waals surface area contributed by atoms with Crippen LogP contribution in [0.2, 0.25) is 5.02 Å². The first-order valence-corrected chi connectivity index (χ1v) is 10.0. The van der Waals surface area contributed by atoms with Gasteiger partial charge in [-0.05, 0) is 60.9 Å². The van der Waals surface area contributed by atoms with Crippen molar-refractivity contribution in [1.82, 2.24) is 4.98 Å². The van der Waals surface area contributed by atoms with E-state index >= 15 is 0 Å². The first kappa shape index (κ1) is 20.2. The number of carbonyl (C=O) groups is 1. The Bertz CT molecular complexity index is 1210. The number of nitrogens with zero attached hydrogens (tertiary/aromatic N) is 2. The number of benzene rings is 2. The van der Waals surface area contributed by atoms with E-state index < -0.39 is 0 Å². The number of H-pyrrole nitrogens is 1. The van der Waals surface area contributed by atoms with Crippen molar-refractivity contribution in [2.24, 2.45) is 0 Å². The standard InChI is InChI=1S/C23H21ClFN3O2/c1-13(2)17-11-16(25)5-7-20(17)27-12-28(19-8-9-22(29)26-14(19)3)23(30)18-10-15(24)4-6-21(18)27/h4-11,13H,12H2,1-3H3,(H,26,29). The lowest BCUT2D eigenvalue weighted by atomic mass is 9.98. The molecule has 30 heavy (non-hydrogen) atoms. The van der Waals surface area contributed by atoms with Gasteiger partial charge >= 0.3 is 0 Å². The number of pyridine rings is 1. The Balaban J connectivity index is 1.92. The molecule has 1 aromatic heterocycles. The topological polar surface area (TPSA) is 56.4 Å². The molecule has 0 unspecified atom stereocenters. The van der Waals surface area contributed by atoms with Gasteiger partial charge in [-0.1, -0.05) is 25.4 Å². The fourth-order valence-corrected chi connectivity index (χ4v) is 4.00. The van der Waals surface area contributed by atoms with Crippen molar-refractivity contribution in [3.63, 3.8) is 0 Å². The van der Waals surface area contributed by atoms with Crippen molar-refractivity contribution in [2.45, 2.75) is 26.7 Å². The summed E-state index contributed by atoms with van der Waals surface area (Å²) in [7, 11) is 0. The lowest BCUT2D eigenvalue weighted by molar-refractivity contribution is 0.0983. The van der Waals surface area contributed by atoms with Crippen molar-refractivity contribution in [3.05, 3.63) is 86.5 Å². The molecule has 1 amide bonds. The highest BCUT2D eigenvalue weighted by molar-refractivity contribution is 6.31. The molecule has 1 aliphatic rings. The van der Waals surface area contributed by atoms with Crippen molar-refractivity contribution < 1.29 is 9.18 Å². The van der Waals surface area contributed by atoms with Crippen LogP contribution in [0.1, 0.15) is 41.4 Å². The summed E-state index contributed by atoms with van der Waals surface area (Å²) in [4.78, 5) is 31.3. The molecule has 0 radical (unpaired) electrons. The van der Waals surface area contributed by atoms with Gasteiger partial charge in [-0.2, -0.15) is 0 Å². The number of hydrogen-bond acceptors (Lipinski definition) is 3. The van der Waals surface area contributed by atoms with Gasteiger partial charge in [0.2, 0.25) is 5.56 Å². The number of amides is 1. The highest BCUT2D eigenvalue weighted by atomic mass is 35.5. The average Bonchev–Trinajstić information content (AvgIpc) is 2.69. The number of aromatic nitrogens is 1. The van der Waals surface area contributed by atoms with Crippen LogP contribution in [-0.2, 0) is 0 Å². The second kappa shape index (κ2) is 7.61. The van der Waals surface area contributed by atoms with Crippen LogP contribution in [0.4, 0.5) is 21.5 Å². The number of aromatic amines is 1. The fourth-order valence-electron chi connectivity index (χ4n) is 3.83. The van der Waals surface area contributed by atoms with E-state index in [1.165, 1.54) is 18.2 Å². The predicted octanol–water partition coefficient (Wildman–Crippen LogP) is 5.36. The molecule has 1 N–H and O–H groups in total. The Kier molecular flexibility index (Phi) is 5.12. The second-order valence-electron chi connectivity index (χ2n) is 7.65. The number of hydrogen-bond donors (Lipinski definition) is 1. The lowest BCUT2D eigenvalue weighted by Crippen LogP contribution is -2.45. The van der Waals surface area contributed by atoms with Crippen molar-refractivity contribution in [1.29, 1.82) is 0 Å². The van der Waals surface area contributed by atoms with Crippen molar-refractivity contribution >= 4 is 34.6 Å². The number of halogens is 2. The zero-order valence-electron chi connectivity index (χ0n) is 16.9. The Hall–Kier alpha value is -3.12. The minimum atomic E-state index is -0.305. The van der Waals surface area contributed by atoms with Gasteiger partial charge in [0.25, 0.3) is 5.91 Å². The van der Waals surface area contributed by atoms with Crippen LogP contribution in [0.5, 0.6) is 0 Å². The minimum absolute atomic E-state index is 0.0762. The maximum atomic E-state index is 14.0. The van der Waals surface area contributed by atoms with Crippen LogP contribution in [0.3, 0.4) is 0 Å². The lowest BCUT2D eigenvalue weighted by Gasteiger charge is -2.39. The molecule has 2 heterocycles. The molecule has 3 aromatic rings. The van der Waals surface area contributed by atoms with Gasteiger partial charge in [-0.25, -0.2) is 4.39 Å². The third-order valence-electron chi connectivity index (χ3n) is 5.29. The number of nitrogens with one attached hydrogen (secondary N) is 1. The number of aryl methyl sites for hydroxylation is 1. The van der Waals surface area contributed by atoms with Crippen LogP contribution >= 0.6 is 11.6 Å². The highest BCUT2D eigenvalue weighted by Crippen LogP contribution is 2.40. The minimum Gasteiger partial charge on any atom is -0.324 e. The van der Waals surface area contributed by atoms with Gasteiger partial charge in [-0.3, -0.25) is 14.5 Å². The number of carbonyl (C=O) groups excluding carboxylic acids is 1. The van der Waals surface area contributed by atoms with Gasteiger partial charge < -0.3 is 9.88 Å². The third kappa shape index (κ3) is 3.48. The first-order valence-electron chi connectivity index (χ1n) is 9.64. The summed E-state index contributed by atoms with van der Waals surface area (Å²) in [6.45, 7) is 5.96. The highest BCUT2D eigenvalue weighted by Gasteiger charge is 2.33. The van der Waals surface area contributed by atoms with Gasteiger partial charge in [0, 0.05) is 22.5 Å². The van der Waals surface area contributed by atoms with E-state index in [-0.39, 0.29) is 29.9 Å². The van der Waals surface area contributed by atoms with E-state index in [0.29, 0.717) is 27.7 Å². The number of rotatable bonds is 3. The maximum Gasteiger partial charge on any atom is 0.261 e. The second-order valence-corrected chi connectivity index (χ2v) is 8.09. The van der Waals surface area contributed by atoms with Gasteiger partial charge in [0.15, 0.2) is 0 Å². The third-order valence-corrected chi connectivity index (χ3v) is 5.52. The number of anilines is 3. The van der Waals surface area contributed by atoms with Crippen molar-refractivity contribution in [3.8, 4) is 0 Å². The molecule has 5 nitrogen and oxygen atoms in total. The van der Waals surface area contributed by atoms with Gasteiger partial charge in [0.05, 0.1) is 16.9 Å². The van der Waals surface area contributed by atoms with Crippen LogP contribution in [0.25, 0.3) is 0 Å². The molecule has 0 aliphatic carbocycles. The Morgan fingerprint density at radius 1 is 0.967 bits per heavy atom. The molecule has 0 saturated carbocycles. The first-order chi connectivity index (χ1) is 14.3. The van der Waals surface area contributed by atoms with Gasteiger partial charge in [-0.15, -0.1) is 0 Å². The summed E-state index contributed by atoms with van der Waals surface area (Å²) in [5.74, 6) is -0.445. The van der Waals surface area contributed by atoms with Crippen LogP contribution < -0.4 is 15.4 Å². The normalized spacial score (nSPS) is 13.7. The van der Waals surface area contributed by atoms with Crippen molar-refractivity contribution in [2.75, 3.05) is 16.5 Å². The Morgan fingerprint density at radius 2 is 1.67 bits per heavy atom. The van der Waals surface area contributed by atoms with E-state index in [1.54, 1.807) is 42.2 Å². The Labute approximate surface area is 178 Å². The van der Waals surface area contributed by atoms with Gasteiger partial charge in [0.1, 0.15) is 12.5 Å². The quantitative estimate of drug-likeness (QED) is 0.615. The maximum absolute atomic E-state index is 14.0. The van der Waals surface area contributed by atoms with Crippen LogP contribution in [0.15, 0.2) is 53.3 Å². The summed E-state index contributed by atoms with van der Waals surface area (Å²) >= 11 is 6.20. The van der Waals surface area contributed by atoms with Crippen LogP contribution in [0, 0.1) is 12.7 Å². The van der Waals surface area contributed by atoms with E-state index in [0.717, 1.165) is 11.3 Å². The van der Waals surface area contributed by atoms with E-state index in [4.69, 9.17) is 11.6 Å². The molecule has 7 heteroatoms. The molecule has 0 saturated heterocycles. The molecular weight excluding hydrogens is 405 g/mol. The van der Waals surface area contributed by atoms with E-state index in [2.05, 4.69) is 4.98 Å². The smallest absolute Gasteiger partial charge is 0.261 e. The molecule has 4 rings (SSSR count). The Morgan fingerprint density at radius 3 is 2.37 bits per heavy atom. The zero-order chi connectivity index (χ0) is 21.6. The molecule has 1 aliphatic heterocycles.